The molecule has 0 radical (unpaired) electrons. The third-order valence-corrected chi connectivity index (χ3v) is 3.42. The first-order valence-electron chi connectivity index (χ1n) is 8.47. The molecule has 25 heavy (non-hydrogen) atoms. The van der Waals surface area contributed by atoms with Crippen molar-refractivity contribution in [2.75, 3.05) is 19.8 Å². The number of carbonyl (C=O) groups is 3. The summed E-state index contributed by atoms with van der Waals surface area (Å²) in [7, 11) is 0. The van der Waals surface area contributed by atoms with Crippen molar-refractivity contribution in [2.45, 2.75) is 71.3 Å². The number of alkyl carbamates (subject to hydrolysis) is 1. The minimum atomic E-state index is -0.951. The van der Waals surface area contributed by atoms with Gasteiger partial charge in [0.15, 0.2) is 6.04 Å². The van der Waals surface area contributed by atoms with Crippen LogP contribution in [0.2, 0.25) is 0 Å². The minimum absolute atomic E-state index is 0.00897. The second kappa shape index (κ2) is 9.72. The fourth-order valence-corrected chi connectivity index (χ4v) is 2.17. The number of amides is 1. The van der Waals surface area contributed by atoms with Crippen LogP contribution in [0.1, 0.15) is 47.5 Å². The second-order valence-corrected chi connectivity index (χ2v) is 7.07. The molecule has 0 aromatic carbocycles. The van der Waals surface area contributed by atoms with Crippen molar-refractivity contribution in [1.82, 2.24) is 5.32 Å². The van der Waals surface area contributed by atoms with E-state index in [1.807, 2.05) is 0 Å². The number of Topliss-reactive ketones (excluding diaryl/α,β-unsaturated/α-hetero) is 1. The molecule has 0 bridgehead atoms. The molecular formula is C17H29NO7. The second-order valence-electron chi connectivity index (χ2n) is 7.07. The van der Waals surface area contributed by atoms with Crippen molar-refractivity contribution < 1.29 is 33.3 Å². The van der Waals surface area contributed by atoms with Gasteiger partial charge in [0.2, 0.25) is 0 Å². The van der Waals surface area contributed by atoms with Crippen LogP contribution in [-0.4, -0.2) is 61.5 Å². The highest BCUT2D eigenvalue weighted by molar-refractivity contribution is 5.81. The molecule has 0 unspecified atom stereocenters. The molecule has 8 heteroatoms. The number of rotatable bonds is 5. The van der Waals surface area contributed by atoms with E-state index in [9.17, 15) is 14.4 Å². The molecule has 3 atom stereocenters. The van der Waals surface area contributed by atoms with Crippen LogP contribution in [0.4, 0.5) is 4.79 Å². The van der Waals surface area contributed by atoms with Crippen LogP contribution >= 0.6 is 0 Å². The van der Waals surface area contributed by atoms with Gasteiger partial charge in [0.1, 0.15) is 17.5 Å². The molecule has 0 spiro atoms. The molecule has 1 heterocycles. The van der Waals surface area contributed by atoms with Crippen molar-refractivity contribution in [3.63, 3.8) is 0 Å². The van der Waals surface area contributed by atoms with Crippen molar-refractivity contribution >= 4 is 17.8 Å². The van der Waals surface area contributed by atoms with E-state index in [0.29, 0.717) is 19.4 Å². The van der Waals surface area contributed by atoms with Gasteiger partial charge in [0, 0.05) is 19.4 Å². The number of hydrogen-bond donors (Lipinski definition) is 1. The molecule has 1 amide bonds. The number of ketones is 1. The average molecular weight is 359 g/mol. The molecule has 1 rings (SSSR count). The summed E-state index contributed by atoms with van der Waals surface area (Å²) in [6.07, 6.45) is -0.779. The largest absolute Gasteiger partial charge is 0.458 e. The van der Waals surface area contributed by atoms with Gasteiger partial charge < -0.3 is 24.3 Å². The lowest BCUT2D eigenvalue weighted by Crippen LogP contribution is -2.47. The van der Waals surface area contributed by atoms with Crippen molar-refractivity contribution in [3.05, 3.63) is 0 Å². The Morgan fingerprint density at radius 3 is 2.60 bits per heavy atom. The lowest BCUT2D eigenvalue weighted by atomic mass is 10.1. The van der Waals surface area contributed by atoms with Crippen LogP contribution in [0.25, 0.3) is 0 Å². The topological polar surface area (TPSA) is 100 Å². The maximum atomic E-state index is 12.3. The monoisotopic (exact) mass is 359 g/mol. The number of carbonyl (C=O) groups excluding carboxylic acids is 3. The lowest BCUT2D eigenvalue weighted by Gasteiger charge is -2.25. The molecule has 0 aromatic rings. The van der Waals surface area contributed by atoms with Gasteiger partial charge in [-0.2, -0.15) is 0 Å². The first-order chi connectivity index (χ1) is 11.6. The predicted molar refractivity (Wildman–Crippen MR) is 89.2 cm³/mol. The van der Waals surface area contributed by atoms with Gasteiger partial charge in [-0.25, -0.2) is 9.59 Å². The van der Waals surface area contributed by atoms with Gasteiger partial charge >= 0.3 is 12.1 Å². The van der Waals surface area contributed by atoms with E-state index in [4.69, 9.17) is 18.9 Å². The van der Waals surface area contributed by atoms with E-state index in [1.54, 1.807) is 27.7 Å². The van der Waals surface area contributed by atoms with Crippen molar-refractivity contribution in [3.8, 4) is 0 Å². The van der Waals surface area contributed by atoms with Gasteiger partial charge in [0.25, 0.3) is 0 Å². The smallest absolute Gasteiger partial charge is 0.408 e. The molecule has 0 aliphatic carbocycles. The number of ether oxygens (including phenoxy) is 4. The molecule has 1 aliphatic heterocycles. The zero-order valence-corrected chi connectivity index (χ0v) is 15.6. The summed E-state index contributed by atoms with van der Waals surface area (Å²) in [4.78, 5) is 35.1. The first kappa shape index (κ1) is 21.4. The highest BCUT2D eigenvalue weighted by atomic mass is 16.6. The summed E-state index contributed by atoms with van der Waals surface area (Å²) in [6, 6.07) is -0.951. The van der Waals surface area contributed by atoms with Crippen LogP contribution in [0.15, 0.2) is 0 Å². The van der Waals surface area contributed by atoms with Crippen LogP contribution < -0.4 is 5.32 Å². The minimum Gasteiger partial charge on any atom is -0.458 e. The molecule has 1 fully saturated rings. The summed E-state index contributed by atoms with van der Waals surface area (Å²) >= 11 is 0. The van der Waals surface area contributed by atoms with Crippen molar-refractivity contribution in [1.29, 1.82) is 0 Å². The summed E-state index contributed by atoms with van der Waals surface area (Å²) in [6.45, 7) is 9.00. The van der Waals surface area contributed by atoms with Crippen LogP contribution in [0, 0.1) is 0 Å². The summed E-state index contributed by atoms with van der Waals surface area (Å²) in [5, 5.41) is 2.47. The van der Waals surface area contributed by atoms with E-state index < -0.39 is 29.8 Å². The number of cyclic esters (lactones) is 1. The zero-order chi connectivity index (χ0) is 19.0. The molecule has 8 nitrogen and oxygen atoms in total. The Balaban J connectivity index is 2.61. The predicted octanol–water partition coefficient (Wildman–Crippen LogP) is 1.60. The Labute approximate surface area is 148 Å². The molecule has 1 aliphatic rings. The standard InChI is InChI=1S/C17H29NO7/c1-11(19)6-9-23-14-7-8-22-10-13(15(20)24-12(14)2)18-16(21)25-17(3,4)5/h12-14H,6-10H2,1-5H3,(H,18,21)/t12-,13-,14+/m0/s1. The SMILES string of the molecule is CC(=O)CCO[C@@H]1CCOC[C@H](NC(=O)OC(C)(C)C)C(=O)O[C@H]1C. The lowest BCUT2D eigenvalue weighted by molar-refractivity contribution is -0.158. The third kappa shape index (κ3) is 8.83. The van der Waals surface area contributed by atoms with Gasteiger partial charge in [0.05, 0.1) is 19.3 Å². The maximum absolute atomic E-state index is 12.3. The highest BCUT2D eigenvalue weighted by Gasteiger charge is 2.31. The molecule has 0 aromatic heterocycles. The molecule has 0 saturated carbocycles. The van der Waals surface area contributed by atoms with Crippen LogP contribution in [0.5, 0.6) is 0 Å². The molecule has 1 N–H and O–H groups in total. The van der Waals surface area contributed by atoms with E-state index in [0.717, 1.165) is 0 Å². The fraction of sp³-hybridized carbons (Fsp3) is 0.824. The Hall–Kier alpha value is -1.67. The fourth-order valence-electron chi connectivity index (χ4n) is 2.17. The van der Waals surface area contributed by atoms with E-state index in [1.165, 1.54) is 6.92 Å². The first-order valence-corrected chi connectivity index (χ1v) is 8.47. The average Bonchev–Trinajstić information content (AvgIpc) is 2.50. The number of esters is 1. The summed E-state index contributed by atoms with van der Waals surface area (Å²) in [5.74, 6) is -0.578. The number of hydrogen-bond acceptors (Lipinski definition) is 7. The van der Waals surface area contributed by atoms with Gasteiger partial charge in [-0.05, 0) is 34.6 Å². The zero-order valence-electron chi connectivity index (χ0n) is 15.6. The number of nitrogens with one attached hydrogen (secondary N) is 1. The maximum Gasteiger partial charge on any atom is 0.408 e. The molecule has 1 saturated heterocycles. The van der Waals surface area contributed by atoms with Gasteiger partial charge in [-0.3, -0.25) is 4.79 Å². The van der Waals surface area contributed by atoms with Crippen LogP contribution in [0.3, 0.4) is 0 Å². The van der Waals surface area contributed by atoms with Gasteiger partial charge in [-0.15, -0.1) is 0 Å². The Bertz CT molecular complexity index is 472. The quantitative estimate of drug-likeness (QED) is 0.744. The van der Waals surface area contributed by atoms with E-state index >= 15 is 0 Å². The molecular weight excluding hydrogens is 330 g/mol. The third-order valence-electron chi connectivity index (χ3n) is 3.42. The Morgan fingerprint density at radius 1 is 1.32 bits per heavy atom. The summed E-state index contributed by atoms with van der Waals surface area (Å²) in [5.41, 5.74) is -0.670. The van der Waals surface area contributed by atoms with Crippen molar-refractivity contribution in [2.24, 2.45) is 0 Å². The Morgan fingerprint density at radius 2 is 2.00 bits per heavy atom. The highest BCUT2D eigenvalue weighted by Crippen LogP contribution is 2.14. The van der Waals surface area contributed by atoms with E-state index in [2.05, 4.69) is 5.32 Å². The van der Waals surface area contributed by atoms with Crippen LogP contribution in [-0.2, 0) is 28.5 Å². The normalized spacial score (nSPS) is 25.2. The van der Waals surface area contributed by atoms with Gasteiger partial charge in [-0.1, -0.05) is 0 Å². The van der Waals surface area contributed by atoms with E-state index in [-0.39, 0.29) is 25.1 Å². The molecule has 144 valence electrons. The summed E-state index contributed by atoms with van der Waals surface area (Å²) < 4.78 is 21.6. The Kier molecular flexibility index (Phi) is 8.31.